The molecule has 21 heavy (non-hydrogen) atoms. The number of nitrogens with zero attached hydrogens (tertiary/aromatic N) is 2. The van der Waals surface area contributed by atoms with Gasteiger partial charge in [0.05, 0.1) is 5.56 Å². The van der Waals surface area contributed by atoms with E-state index < -0.39 is 0 Å². The van der Waals surface area contributed by atoms with Gasteiger partial charge in [-0.3, -0.25) is 4.68 Å². The van der Waals surface area contributed by atoms with Crippen LogP contribution in [0.15, 0.2) is 57.5 Å². The van der Waals surface area contributed by atoms with Crippen molar-refractivity contribution in [3.05, 3.63) is 57.5 Å². The average molecular weight is 407 g/mol. The molecule has 0 aliphatic rings. The molecule has 1 aromatic heterocycles. The third-order valence-electron chi connectivity index (χ3n) is 3.34. The van der Waals surface area contributed by atoms with Crippen molar-refractivity contribution < 1.29 is 0 Å². The summed E-state index contributed by atoms with van der Waals surface area (Å²) in [4.78, 5) is 0. The molecule has 2 N–H and O–H groups in total. The molecular weight excluding hydrogens is 394 g/mol. The Kier molecular flexibility index (Phi) is 3.87. The third-order valence-corrected chi connectivity index (χ3v) is 4.49. The fraction of sp³-hybridized carbons (Fsp3) is 0.0625. The summed E-state index contributed by atoms with van der Waals surface area (Å²) in [6.07, 6.45) is 0. The maximum atomic E-state index is 6.23. The van der Waals surface area contributed by atoms with Crippen LogP contribution < -0.4 is 5.73 Å². The van der Waals surface area contributed by atoms with Gasteiger partial charge in [0.25, 0.3) is 0 Å². The molecule has 0 aliphatic heterocycles. The Morgan fingerprint density at radius 3 is 2.43 bits per heavy atom. The summed E-state index contributed by atoms with van der Waals surface area (Å²) in [5.41, 5.74) is 10.1. The molecule has 0 spiro atoms. The van der Waals surface area contributed by atoms with E-state index in [1.807, 2.05) is 55.6 Å². The van der Waals surface area contributed by atoms with Gasteiger partial charge in [0.15, 0.2) is 0 Å². The molecule has 0 atom stereocenters. The van der Waals surface area contributed by atoms with Crippen molar-refractivity contribution >= 4 is 37.7 Å². The largest absolute Gasteiger partial charge is 0.383 e. The predicted octanol–water partition coefficient (Wildman–Crippen LogP) is 4.86. The topological polar surface area (TPSA) is 43.8 Å². The molecule has 0 fully saturated rings. The van der Waals surface area contributed by atoms with E-state index >= 15 is 0 Å². The van der Waals surface area contributed by atoms with Gasteiger partial charge < -0.3 is 5.73 Å². The molecule has 106 valence electrons. The minimum absolute atomic E-state index is 0.658. The minimum atomic E-state index is 0.658. The van der Waals surface area contributed by atoms with Gasteiger partial charge in [0.1, 0.15) is 11.5 Å². The van der Waals surface area contributed by atoms with Gasteiger partial charge in [0.2, 0.25) is 0 Å². The van der Waals surface area contributed by atoms with Crippen molar-refractivity contribution in [1.82, 2.24) is 9.78 Å². The van der Waals surface area contributed by atoms with E-state index in [9.17, 15) is 0 Å². The Morgan fingerprint density at radius 1 is 1.05 bits per heavy atom. The number of rotatable bonds is 2. The average Bonchev–Trinajstić information content (AvgIpc) is 2.75. The summed E-state index contributed by atoms with van der Waals surface area (Å²) < 4.78 is 3.71. The van der Waals surface area contributed by atoms with E-state index in [0.29, 0.717) is 5.82 Å². The SMILES string of the molecule is Cn1nc(-c2ccc(Br)cc2Br)c(-c2ccccc2)c1N. The Labute approximate surface area is 140 Å². The van der Waals surface area contributed by atoms with Crippen molar-refractivity contribution in [3.8, 4) is 22.4 Å². The molecule has 0 saturated heterocycles. The molecule has 3 rings (SSSR count). The molecule has 2 aromatic carbocycles. The Hall–Kier alpha value is -1.59. The highest BCUT2D eigenvalue weighted by atomic mass is 79.9. The van der Waals surface area contributed by atoms with Gasteiger partial charge in [-0.25, -0.2) is 0 Å². The van der Waals surface area contributed by atoms with Crippen molar-refractivity contribution in [2.45, 2.75) is 0 Å². The highest BCUT2D eigenvalue weighted by molar-refractivity contribution is 9.11. The molecular formula is C16H13Br2N3. The summed E-state index contributed by atoms with van der Waals surface area (Å²) in [5, 5.41) is 4.59. The van der Waals surface area contributed by atoms with Crippen molar-refractivity contribution in [2.24, 2.45) is 7.05 Å². The summed E-state index contributed by atoms with van der Waals surface area (Å²) in [6, 6.07) is 16.1. The molecule has 3 nitrogen and oxygen atoms in total. The molecule has 0 unspecified atom stereocenters. The van der Waals surface area contributed by atoms with Crippen LogP contribution in [0.4, 0.5) is 5.82 Å². The number of aryl methyl sites for hydroxylation is 1. The van der Waals surface area contributed by atoms with Crippen LogP contribution in [0, 0.1) is 0 Å². The van der Waals surface area contributed by atoms with E-state index in [4.69, 9.17) is 5.73 Å². The second-order valence-corrected chi connectivity index (χ2v) is 6.49. The second-order valence-electron chi connectivity index (χ2n) is 4.72. The maximum absolute atomic E-state index is 6.23. The quantitative estimate of drug-likeness (QED) is 0.660. The number of hydrogen-bond donors (Lipinski definition) is 1. The Balaban J connectivity index is 2.27. The lowest BCUT2D eigenvalue weighted by atomic mass is 10.0. The first kappa shape index (κ1) is 14.4. The van der Waals surface area contributed by atoms with Crippen LogP contribution in [0.3, 0.4) is 0 Å². The minimum Gasteiger partial charge on any atom is -0.383 e. The van der Waals surface area contributed by atoms with Gasteiger partial charge in [-0.2, -0.15) is 5.10 Å². The summed E-state index contributed by atoms with van der Waals surface area (Å²) in [5.74, 6) is 0.658. The highest BCUT2D eigenvalue weighted by Gasteiger charge is 2.18. The first-order valence-electron chi connectivity index (χ1n) is 6.41. The summed E-state index contributed by atoms with van der Waals surface area (Å²) in [7, 11) is 1.86. The van der Waals surface area contributed by atoms with Gasteiger partial charge in [-0.15, -0.1) is 0 Å². The molecule has 0 bridgehead atoms. The van der Waals surface area contributed by atoms with Crippen LogP contribution in [0.2, 0.25) is 0 Å². The maximum Gasteiger partial charge on any atom is 0.129 e. The fourth-order valence-corrected chi connectivity index (χ4v) is 3.53. The van der Waals surface area contributed by atoms with Crippen LogP contribution in [0.25, 0.3) is 22.4 Å². The lowest BCUT2D eigenvalue weighted by Crippen LogP contribution is -1.97. The number of nitrogens with two attached hydrogens (primary N) is 1. The number of halogens is 2. The Morgan fingerprint density at radius 2 is 1.76 bits per heavy atom. The van der Waals surface area contributed by atoms with Crippen molar-refractivity contribution in [3.63, 3.8) is 0 Å². The van der Waals surface area contributed by atoms with Crippen LogP contribution in [-0.2, 0) is 7.05 Å². The number of nitrogen functional groups attached to an aromatic ring is 1. The first-order chi connectivity index (χ1) is 10.1. The van der Waals surface area contributed by atoms with Gasteiger partial charge in [0, 0.05) is 21.6 Å². The summed E-state index contributed by atoms with van der Waals surface area (Å²) in [6.45, 7) is 0. The van der Waals surface area contributed by atoms with Crippen LogP contribution in [0.1, 0.15) is 0 Å². The van der Waals surface area contributed by atoms with E-state index in [-0.39, 0.29) is 0 Å². The number of hydrogen-bond acceptors (Lipinski definition) is 2. The van der Waals surface area contributed by atoms with Crippen molar-refractivity contribution in [1.29, 1.82) is 0 Å². The predicted molar refractivity (Wildman–Crippen MR) is 93.9 cm³/mol. The lowest BCUT2D eigenvalue weighted by molar-refractivity contribution is 0.782. The second kappa shape index (κ2) is 5.66. The van der Waals surface area contributed by atoms with Gasteiger partial charge in [-0.05, 0) is 17.7 Å². The van der Waals surface area contributed by atoms with Crippen molar-refractivity contribution in [2.75, 3.05) is 5.73 Å². The molecule has 0 radical (unpaired) electrons. The van der Waals surface area contributed by atoms with E-state index in [0.717, 1.165) is 31.3 Å². The molecule has 0 saturated carbocycles. The lowest BCUT2D eigenvalue weighted by Gasteiger charge is -2.06. The molecule has 3 aromatic rings. The third kappa shape index (κ3) is 2.63. The van der Waals surface area contributed by atoms with E-state index in [1.165, 1.54) is 0 Å². The normalized spacial score (nSPS) is 10.8. The fourth-order valence-electron chi connectivity index (χ4n) is 2.30. The van der Waals surface area contributed by atoms with E-state index in [1.54, 1.807) is 4.68 Å². The number of benzene rings is 2. The number of anilines is 1. The summed E-state index contributed by atoms with van der Waals surface area (Å²) >= 11 is 7.08. The zero-order valence-corrected chi connectivity index (χ0v) is 14.5. The smallest absolute Gasteiger partial charge is 0.129 e. The van der Waals surface area contributed by atoms with Crippen LogP contribution in [0.5, 0.6) is 0 Å². The highest BCUT2D eigenvalue weighted by Crippen LogP contribution is 2.39. The zero-order valence-electron chi connectivity index (χ0n) is 11.3. The first-order valence-corrected chi connectivity index (χ1v) is 8.00. The van der Waals surface area contributed by atoms with E-state index in [2.05, 4.69) is 37.0 Å². The van der Waals surface area contributed by atoms with Crippen LogP contribution in [-0.4, -0.2) is 9.78 Å². The molecule has 5 heteroatoms. The van der Waals surface area contributed by atoms with Gasteiger partial charge >= 0.3 is 0 Å². The van der Waals surface area contributed by atoms with Crippen LogP contribution >= 0.6 is 31.9 Å². The molecule has 0 aliphatic carbocycles. The zero-order chi connectivity index (χ0) is 15.0. The standard InChI is InChI=1S/C16H13Br2N3/c1-21-16(19)14(10-5-3-2-4-6-10)15(20-21)12-8-7-11(17)9-13(12)18/h2-9H,19H2,1H3. The Bertz CT molecular complexity index is 795. The van der Waals surface area contributed by atoms with Gasteiger partial charge in [-0.1, -0.05) is 68.3 Å². The monoisotopic (exact) mass is 405 g/mol. The molecule has 1 heterocycles. The molecule has 0 amide bonds. The number of aromatic nitrogens is 2.